The zero-order valence-electron chi connectivity index (χ0n) is 18.2. The first-order valence-electron chi connectivity index (χ1n) is 10.3. The molecule has 1 saturated heterocycles. The number of nitrogens with zero attached hydrogens (tertiary/aromatic N) is 3. The lowest BCUT2D eigenvalue weighted by molar-refractivity contribution is -0.0644. The lowest BCUT2D eigenvalue weighted by atomic mass is 9.99. The summed E-state index contributed by atoms with van der Waals surface area (Å²) >= 11 is 0. The number of carboxylic acid groups (broad SMARTS) is 1. The van der Waals surface area contributed by atoms with Crippen LogP contribution in [0.15, 0.2) is 41.3 Å². The second-order valence-electron chi connectivity index (χ2n) is 8.31. The molecular formula is C23H24F2N4O3. The van der Waals surface area contributed by atoms with Gasteiger partial charge in [-0.25, -0.2) is 18.6 Å². The fourth-order valence-corrected chi connectivity index (χ4v) is 4.06. The monoisotopic (exact) mass is 442 g/mol. The maximum Gasteiger partial charge on any atom is 0.337 e. The minimum atomic E-state index is -2.83. The molecule has 168 valence electrons. The van der Waals surface area contributed by atoms with E-state index >= 15 is 0 Å². The molecule has 2 atom stereocenters. The largest absolute Gasteiger partial charge is 0.478 e. The van der Waals surface area contributed by atoms with E-state index in [4.69, 9.17) is 0 Å². The molecular weight excluding hydrogens is 418 g/mol. The number of carbonyl (C=O) groups is 1. The summed E-state index contributed by atoms with van der Waals surface area (Å²) in [5.41, 5.74) is 2.34. The Balaban J connectivity index is 1.83. The number of nitrogens with one attached hydrogen (secondary N) is 1. The van der Waals surface area contributed by atoms with E-state index in [1.165, 1.54) is 22.3 Å². The number of para-hydroxylation sites is 1. The summed E-state index contributed by atoms with van der Waals surface area (Å²) in [6, 6.07) is 6.92. The van der Waals surface area contributed by atoms with E-state index in [-0.39, 0.29) is 16.9 Å². The van der Waals surface area contributed by atoms with Gasteiger partial charge in [0.2, 0.25) is 0 Å². The number of aryl methyl sites for hydroxylation is 1. The predicted octanol–water partition coefficient (Wildman–Crippen LogP) is 4.03. The van der Waals surface area contributed by atoms with E-state index in [0.717, 1.165) is 5.56 Å². The second kappa shape index (κ2) is 7.58. The Kier molecular flexibility index (Phi) is 5.15. The van der Waals surface area contributed by atoms with Crippen LogP contribution < -0.4 is 15.8 Å². The minimum absolute atomic E-state index is 0.120. The molecule has 3 heterocycles. The number of hydrogen-bond donors (Lipinski definition) is 2. The fraction of sp³-hybridized carbons (Fsp3) is 0.348. The second-order valence-corrected chi connectivity index (χ2v) is 8.31. The van der Waals surface area contributed by atoms with Crippen LogP contribution >= 0.6 is 0 Å². The number of aromatic nitrogens is 2. The van der Waals surface area contributed by atoms with E-state index in [1.807, 2.05) is 19.9 Å². The van der Waals surface area contributed by atoms with Gasteiger partial charge in [-0.05, 0) is 51.5 Å². The first-order chi connectivity index (χ1) is 15.0. The molecule has 1 aromatic carbocycles. The summed E-state index contributed by atoms with van der Waals surface area (Å²) in [5.74, 6) is -3.64. The zero-order chi connectivity index (χ0) is 23.4. The Bertz CT molecular complexity index is 1290. The van der Waals surface area contributed by atoms with Crippen molar-refractivity contribution >= 4 is 23.1 Å². The van der Waals surface area contributed by atoms with Crippen LogP contribution in [0.5, 0.6) is 0 Å². The number of pyridine rings is 1. The minimum Gasteiger partial charge on any atom is -0.478 e. The Labute approximate surface area is 183 Å². The number of rotatable bonds is 5. The number of alkyl halides is 2. The average molecular weight is 442 g/mol. The maximum absolute atomic E-state index is 13.8. The third-order valence-corrected chi connectivity index (χ3v) is 6.02. The molecule has 2 aromatic heterocycles. The Morgan fingerprint density at radius 2 is 2.00 bits per heavy atom. The van der Waals surface area contributed by atoms with Crippen molar-refractivity contribution in [1.82, 2.24) is 9.38 Å². The average Bonchev–Trinajstić information content (AvgIpc) is 2.74. The van der Waals surface area contributed by atoms with Gasteiger partial charge in [0.05, 0.1) is 29.8 Å². The molecule has 0 spiro atoms. The van der Waals surface area contributed by atoms with Crippen molar-refractivity contribution in [1.29, 1.82) is 0 Å². The molecule has 32 heavy (non-hydrogen) atoms. The van der Waals surface area contributed by atoms with Gasteiger partial charge in [0.25, 0.3) is 11.5 Å². The molecule has 0 aliphatic carbocycles. The van der Waals surface area contributed by atoms with E-state index in [9.17, 15) is 23.5 Å². The molecule has 1 aliphatic heterocycles. The Hall–Kier alpha value is -3.49. The highest BCUT2D eigenvalue weighted by atomic mass is 19.3. The summed E-state index contributed by atoms with van der Waals surface area (Å²) in [4.78, 5) is 30.7. The summed E-state index contributed by atoms with van der Waals surface area (Å²) in [5, 5.41) is 12.7. The zero-order valence-corrected chi connectivity index (χ0v) is 18.2. The Morgan fingerprint density at radius 3 is 2.62 bits per heavy atom. The highest BCUT2D eigenvalue weighted by molar-refractivity contribution is 5.94. The van der Waals surface area contributed by atoms with Gasteiger partial charge in [0.1, 0.15) is 11.5 Å². The molecule has 9 heteroatoms. The van der Waals surface area contributed by atoms with Gasteiger partial charge in [-0.2, -0.15) is 0 Å². The van der Waals surface area contributed by atoms with Gasteiger partial charge in [0, 0.05) is 17.4 Å². The standard InChI is InChI=1S/C23H24F2N4O3/c1-12-9-17(14(3)26-18-8-6-5-7-16(18)22(31)32)20-27-19(13(2)21(30)28(20)10-12)29-11-23(24,25)15(29)4/h5-10,14-15,26H,11H2,1-4H3,(H,31,32)/t14-,15-/m1/s1. The molecule has 1 fully saturated rings. The van der Waals surface area contributed by atoms with Crippen molar-refractivity contribution in [2.24, 2.45) is 0 Å². The summed E-state index contributed by atoms with van der Waals surface area (Å²) < 4.78 is 29.0. The molecule has 3 aromatic rings. The van der Waals surface area contributed by atoms with Crippen molar-refractivity contribution in [2.45, 2.75) is 45.7 Å². The molecule has 0 unspecified atom stereocenters. The molecule has 0 bridgehead atoms. The highest BCUT2D eigenvalue weighted by Gasteiger charge is 2.53. The van der Waals surface area contributed by atoms with Crippen molar-refractivity contribution in [3.63, 3.8) is 0 Å². The van der Waals surface area contributed by atoms with Crippen molar-refractivity contribution in [3.8, 4) is 0 Å². The molecule has 0 radical (unpaired) electrons. The number of benzene rings is 1. The number of anilines is 2. The number of hydrogen-bond acceptors (Lipinski definition) is 5. The van der Waals surface area contributed by atoms with E-state index in [0.29, 0.717) is 22.5 Å². The van der Waals surface area contributed by atoms with E-state index < -0.39 is 30.5 Å². The van der Waals surface area contributed by atoms with Crippen LogP contribution in [0.3, 0.4) is 0 Å². The van der Waals surface area contributed by atoms with Crippen LogP contribution in [0, 0.1) is 13.8 Å². The van der Waals surface area contributed by atoms with Gasteiger partial charge in [-0.1, -0.05) is 12.1 Å². The number of halogens is 2. The van der Waals surface area contributed by atoms with Crippen LogP contribution in [-0.2, 0) is 0 Å². The quantitative estimate of drug-likeness (QED) is 0.621. The van der Waals surface area contributed by atoms with Gasteiger partial charge in [-0.15, -0.1) is 0 Å². The normalized spacial score (nSPS) is 18.3. The van der Waals surface area contributed by atoms with Crippen LogP contribution in [-0.4, -0.2) is 39.0 Å². The molecule has 4 rings (SSSR count). The first-order valence-corrected chi connectivity index (χ1v) is 10.3. The molecule has 0 saturated carbocycles. The first kappa shape index (κ1) is 21.7. The van der Waals surface area contributed by atoms with Gasteiger partial charge >= 0.3 is 5.97 Å². The summed E-state index contributed by atoms with van der Waals surface area (Å²) in [7, 11) is 0. The fourth-order valence-electron chi connectivity index (χ4n) is 4.06. The van der Waals surface area contributed by atoms with Crippen LogP contribution in [0.2, 0.25) is 0 Å². The van der Waals surface area contributed by atoms with Crippen LogP contribution in [0.1, 0.15) is 46.9 Å². The van der Waals surface area contributed by atoms with Crippen molar-refractivity contribution < 1.29 is 18.7 Å². The Morgan fingerprint density at radius 1 is 1.31 bits per heavy atom. The topological polar surface area (TPSA) is 86.9 Å². The number of carboxylic acids is 1. The molecule has 7 nitrogen and oxygen atoms in total. The van der Waals surface area contributed by atoms with Crippen LogP contribution in [0.4, 0.5) is 20.3 Å². The number of aromatic carboxylic acids is 1. The SMILES string of the molecule is Cc1cc([C@@H](C)Nc2ccccc2C(=O)O)c2nc(N3CC(F)(F)[C@H]3C)c(C)c(=O)n2c1. The van der Waals surface area contributed by atoms with Gasteiger partial charge in [0.15, 0.2) is 0 Å². The summed E-state index contributed by atoms with van der Waals surface area (Å²) in [6.45, 7) is 6.19. The summed E-state index contributed by atoms with van der Waals surface area (Å²) in [6.07, 6.45) is 1.66. The van der Waals surface area contributed by atoms with Crippen molar-refractivity contribution in [2.75, 3.05) is 16.8 Å². The third kappa shape index (κ3) is 3.47. The van der Waals surface area contributed by atoms with E-state index in [2.05, 4.69) is 10.3 Å². The maximum atomic E-state index is 13.8. The lowest BCUT2D eigenvalue weighted by Crippen LogP contribution is -2.64. The highest BCUT2D eigenvalue weighted by Crippen LogP contribution is 2.38. The van der Waals surface area contributed by atoms with Crippen molar-refractivity contribution in [3.05, 3.63) is 69.1 Å². The van der Waals surface area contributed by atoms with E-state index in [1.54, 1.807) is 31.3 Å². The van der Waals surface area contributed by atoms with Crippen LogP contribution in [0.25, 0.3) is 5.65 Å². The van der Waals surface area contributed by atoms with Gasteiger partial charge < -0.3 is 15.3 Å². The molecule has 1 aliphatic rings. The number of fused-ring (bicyclic) bond motifs is 1. The predicted molar refractivity (Wildman–Crippen MR) is 118 cm³/mol. The third-order valence-electron chi connectivity index (χ3n) is 6.02. The smallest absolute Gasteiger partial charge is 0.337 e. The molecule has 2 N–H and O–H groups in total. The van der Waals surface area contributed by atoms with Gasteiger partial charge in [-0.3, -0.25) is 9.20 Å². The molecule has 0 amide bonds. The lowest BCUT2D eigenvalue weighted by Gasteiger charge is -2.47.